The van der Waals surface area contributed by atoms with E-state index in [9.17, 15) is 10.5 Å². The minimum atomic E-state index is 0.323. The minimum absolute atomic E-state index is 0.323. The maximum atomic E-state index is 10.7. The van der Waals surface area contributed by atoms with Crippen molar-refractivity contribution < 1.29 is 0 Å². The van der Waals surface area contributed by atoms with Gasteiger partial charge in [-0.1, -0.05) is 121 Å². The van der Waals surface area contributed by atoms with Crippen LogP contribution in [-0.4, -0.2) is 18.3 Å². The Bertz CT molecular complexity index is 3840. The molecule has 4 aromatic heterocycles. The van der Waals surface area contributed by atoms with E-state index in [0.29, 0.717) is 11.1 Å². The van der Waals surface area contributed by atoms with Crippen LogP contribution in [-0.2, 0) is 0 Å². The highest BCUT2D eigenvalue weighted by atomic mass is 15.1. The molecule has 62 heavy (non-hydrogen) atoms. The highest BCUT2D eigenvalue weighted by Gasteiger charge is 2.26. The average Bonchev–Trinajstić information content (AvgIpc) is 4.06. The highest BCUT2D eigenvalue weighted by molar-refractivity contribution is 6.28. The second kappa shape index (κ2) is 12.8. The molecule has 0 aliphatic heterocycles. The summed E-state index contributed by atoms with van der Waals surface area (Å²) in [5.74, 6) is 0. The number of rotatable bonds is 4. The van der Waals surface area contributed by atoms with Crippen molar-refractivity contribution in [3.63, 3.8) is 0 Å². The molecule has 0 unspecified atom stereocenters. The molecule has 0 aliphatic rings. The molecule has 0 aliphatic carbocycles. The van der Waals surface area contributed by atoms with Crippen molar-refractivity contribution in [1.29, 1.82) is 10.5 Å². The fourth-order valence-electron chi connectivity index (χ4n) is 10.3. The predicted molar refractivity (Wildman–Crippen MR) is 253 cm³/mol. The van der Waals surface area contributed by atoms with E-state index in [-0.39, 0.29) is 0 Å². The van der Waals surface area contributed by atoms with Crippen LogP contribution in [0.3, 0.4) is 0 Å². The Morgan fingerprint density at radius 1 is 0.290 bits per heavy atom. The summed E-state index contributed by atoms with van der Waals surface area (Å²) in [6.45, 7) is 0. The van der Waals surface area contributed by atoms with Gasteiger partial charge in [-0.15, -0.1) is 0 Å². The van der Waals surface area contributed by atoms with E-state index in [4.69, 9.17) is 0 Å². The van der Waals surface area contributed by atoms with Gasteiger partial charge >= 0.3 is 0 Å². The van der Waals surface area contributed by atoms with Crippen LogP contribution in [0.25, 0.3) is 110 Å². The number of hydrogen-bond acceptors (Lipinski definition) is 2. The molecule has 0 bridgehead atoms. The topological polar surface area (TPSA) is 67.3 Å². The second-order valence-electron chi connectivity index (χ2n) is 15.9. The van der Waals surface area contributed by atoms with Gasteiger partial charge in [-0.25, -0.2) is 0 Å². The van der Waals surface area contributed by atoms with Gasteiger partial charge in [0.25, 0.3) is 0 Å². The molecule has 286 valence electrons. The number of hydrogen-bond donors (Lipinski definition) is 0. The monoisotopic (exact) mass is 788 g/mol. The van der Waals surface area contributed by atoms with E-state index in [1.165, 1.54) is 10.8 Å². The fourth-order valence-corrected chi connectivity index (χ4v) is 10.3. The first kappa shape index (κ1) is 34.1. The van der Waals surface area contributed by atoms with Crippen molar-refractivity contribution in [2.75, 3.05) is 0 Å². The molecule has 9 aromatic carbocycles. The van der Waals surface area contributed by atoms with Crippen LogP contribution in [0, 0.1) is 22.7 Å². The van der Waals surface area contributed by atoms with Crippen LogP contribution in [0.4, 0.5) is 0 Å². The lowest BCUT2D eigenvalue weighted by molar-refractivity contribution is 1.09. The van der Waals surface area contributed by atoms with Crippen LogP contribution >= 0.6 is 0 Å². The number of fused-ring (bicyclic) bond motifs is 14. The number of nitrogens with zero attached hydrogens (tertiary/aromatic N) is 6. The largest absolute Gasteiger partial charge is 0.309 e. The Hall–Kier alpha value is -8.84. The number of para-hydroxylation sites is 6. The Labute approximate surface area is 354 Å². The van der Waals surface area contributed by atoms with Gasteiger partial charge in [0.05, 0.1) is 66.6 Å². The third kappa shape index (κ3) is 4.50. The van der Waals surface area contributed by atoms with Crippen molar-refractivity contribution in [2.24, 2.45) is 0 Å². The Morgan fingerprint density at radius 3 is 1.02 bits per heavy atom. The minimum Gasteiger partial charge on any atom is -0.309 e. The summed E-state index contributed by atoms with van der Waals surface area (Å²) in [4.78, 5) is 0. The van der Waals surface area contributed by atoms with Crippen molar-refractivity contribution in [1.82, 2.24) is 18.3 Å². The van der Waals surface area contributed by atoms with E-state index in [0.717, 1.165) is 99.2 Å². The van der Waals surface area contributed by atoms with Gasteiger partial charge in [-0.2, -0.15) is 10.5 Å². The number of benzene rings is 9. The molecule has 0 N–H and O–H groups in total. The quantitative estimate of drug-likeness (QED) is 0.178. The summed E-state index contributed by atoms with van der Waals surface area (Å²) >= 11 is 0. The molecular weight excluding hydrogens is 757 g/mol. The first-order chi connectivity index (χ1) is 30.7. The third-order valence-corrected chi connectivity index (χ3v) is 12.8. The van der Waals surface area contributed by atoms with Gasteiger partial charge in [0, 0.05) is 54.5 Å². The van der Waals surface area contributed by atoms with Gasteiger partial charge in [-0.3, -0.25) is 0 Å². The van der Waals surface area contributed by atoms with E-state index < -0.39 is 0 Å². The Morgan fingerprint density at radius 2 is 0.629 bits per heavy atom. The molecule has 0 spiro atoms. The van der Waals surface area contributed by atoms with Crippen LogP contribution in [0.15, 0.2) is 194 Å². The Kier molecular flexibility index (Phi) is 7.05. The SMILES string of the molecule is N#Cc1cc(-n2c3ccccc3c3c2ccc2c4ccccc4n(-c4ccccc4)c23)c(-n2c3ccccc3c3c2ccc2c4ccccc4n(-c4ccccc4)c23)cc1C#N. The molecule has 0 amide bonds. The van der Waals surface area contributed by atoms with E-state index in [1.54, 1.807) is 0 Å². The molecule has 13 rings (SSSR count). The smallest absolute Gasteiger partial charge is 0.101 e. The lowest BCUT2D eigenvalue weighted by Crippen LogP contribution is -2.05. The third-order valence-electron chi connectivity index (χ3n) is 12.8. The average molecular weight is 789 g/mol. The number of aromatic nitrogens is 4. The maximum absolute atomic E-state index is 10.7. The van der Waals surface area contributed by atoms with Crippen LogP contribution in [0.5, 0.6) is 0 Å². The van der Waals surface area contributed by atoms with E-state index >= 15 is 0 Å². The normalized spacial score (nSPS) is 11.8. The summed E-state index contributed by atoms with van der Waals surface area (Å²) < 4.78 is 9.37. The molecular formula is C56H32N6. The van der Waals surface area contributed by atoms with Gasteiger partial charge in [-0.05, 0) is 72.8 Å². The van der Waals surface area contributed by atoms with Crippen LogP contribution in [0.1, 0.15) is 11.1 Å². The molecule has 6 nitrogen and oxygen atoms in total. The van der Waals surface area contributed by atoms with Crippen molar-refractivity contribution in [3.8, 4) is 34.9 Å². The zero-order chi connectivity index (χ0) is 41.1. The van der Waals surface area contributed by atoms with E-state index in [2.05, 4.69) is 212 Å². The molecule has 0 radical (unpaired) electrons. The zero-order valence-electron chi connectivity index (χ0n) is 33.2. The molecule has 0 saturated carbocycles. The number of nitriles is 2. The lowest BCUT2D eigenvalue weighted by Gasteiger charge is -2.18. The first-order valence-corrected chi connectivity index (χ1v) is 20.7. The summed E-state index contributed by atoms with van der Waals surface area (Å²) in [6.07, 6.45) is 0. The molecule has 13 aromatic rings. The lowest BCUT2D eigenvalue weighted by atomic mass is 10.1. The summed E-state index contributed by atoms with van der Waals surface area (Å²) in [5.41, 5.74) is 12.9. The van der Waals surface area contributed by atoms with Gasteiger partial charge < -0.3 is 18.3 Å². The molecule has 6 heteroatoms. The zero-order valence-corrected chi connectivity index (χ0v) is 33.2. The summed E-state index contributed by atoms with van der Waals surface area (Å²) in [5, 5.41) is 30.4. The highest BCUT2D eigenvalue weighted by Crippen LogP contribution is 2.46. The van der Waals surface area contributed by atoms with Crippen molar-refractivity contribution in [2.45, 2.75) is 0 Å². The van der Waals surface area contributed by atoms with Gasteiger partial charge in [0.2, 0.25) is 0 Å². The van der Waals surface area contributed by atoms with Crippen molar-refractivity contribution >= 4 is 87.2 Å². The molecule has 0 fully saturated rings. The standard InChI is InChI=1S/C56H32N6/c57-33-35-31-51(61-47-25-13-9-21-43(47)53-49(61)29-27-41-39-19-7-11-23-45(39)59(55(41)53)37-15-3-1-4-16-37)52(32-36(35)34-58)62-48-26-14-10-22-44(48)54-50(62)30-28-42-40-20-8-12-24-46(40)60(56(42)54)38-17-5-2-6-18-38/h1-32H. The molecule has 0 saturated heterocycles. The maximum Gasteiger partial charge on any atom is 0.101 e. The second-order valence-corrected chi connectivity index (χ2v) is 15.9. The molecule has 4 heterocycles. The predicted octanol–water partition coefficient (Wildman–Crippen LogP) is 13.8. The molecule has 0 atom stereocenters. The van der Waals surface area contributed by atoms with Gasteiger partial charge in [0.15, 0.2) is 0 Å². The summed E-state index contributed by atoms with van der Waals surface area (Å²) in [6, 6.07) is 73.0. The van der Waals surface area contributed by atoms with Crippen molar-refractivity contribution in [3.05, 3.63) is 205 Å². The summed E-state index contributed by atoms with van der Waals surface area (Å²) in [7, 11) is 0. The van der Waals surface area contributed by atoms with E-state index in [1.807, 2.05) is 12.1 Å². The Balaban J connectivity index is 1.21. The first-order valence-electron chi connectivity index (χ1n) is 20.7. The fraction of sp³-hybridized carbons (Fsp3) is 0. The van der Waals surface area contributed by atoms with Crippen LogP contribution in [0.2, 0.25) is 0 Å². The van der Waals surface area contributed by atoms with Gasteiger partial charge in [0.1, 0.15) is 12.1 Å². The van der Waals surface area contributed by atoms with Crippen LogP contribution < -0.4 is 0 Å².